The van der Waals surface area contributed by atoms with Gasteiger partial charge in [0, 0.05) is 11.1 Å². The molecule has 11 heteroatoms. The van der Waals surface area contributed by atoms with Gasteiger partial charge in [0.15, 0.2) is 5.16 Å². The summed E-state index contributed by atoms with van der Waals surface area (Å²) in [6.45, 7) is 0. The molecule has 26 heavy (non-hydrogen) atoms. The summed E-state index contributed by atoms with van der Waals surface area (Å²) in [5.41, 5.74) is 0.804. The van der Waals surface area contributed by atoms with Crippen molar-refractivity contribution in [2.24, 2.45) is 0 Å². The number of carbonyl (C=O) groups is 1. The normalized spacial score (nSPS) is 11.4. The molecule has 7 nitrogen and oxygen atoms in total. The van der Waals surface area contributed by atoms with Crippen molar-refractivity contribution in [3.8, 4) is 10.6 Å². The van der Waals surface area contributed by atoms with E-state index >= 15 is 0 Å². The molecule has 0 radical (unpaired) electrons. The van der Waals surface area contributed by atoms with Crippen LogP contribution in [0.5, 0.6) is 0 Å². The predicted octanol–water partition coefficient (Wildman–Crippen LogP) is 3.42. The third kappa shape index (κ3) is 4.06. The Hall–Kier alpha value is -1.95. The molecule has 3 aromatic heterocycles. The third-order valence-electron chi connectivity index (χ3n) is 3.27. The van der Waals surface area contributed by atoms with Gasteiger partial charge in [-0.2, -0.15) is 0 Å². The second kappa shape index (κ2) is 7.74. The van der Waals surface area contributed by atoms with Gasteiger partial charge >= 0.3 is 5.97 Å². The number of nitrogens with one attached hydrogen (secondary N) is 1. The molecule has 0 aliphatic carbocycles. The molecule has 3 aromatic rings. The summed E-state index contributed by atoms with van der Waals surface area (Å²) in [6.07, 6.45) is 3.18. The summed E-state index contributed by atoms with van der Waals surface area (Å²) in [5, 5.41) is 12.8. The van der Waals surface area contributed by atoms with Crippen LogP contribution in [0.2, 0.25) is 0 Å². The second-order valence-electron chi connectivity index (χ2n) is 4.98. The van der Waals surface area contributed by atoms with Gasteiger partial charge in [-0.3, -0.25) is 9.52 Å². The summed E-state index contributed by atoms with van der Waals surface area (Å²) >= 11 is 3.83. The van der Waals surface area contributed by atoms with E-state index in [1.807, 2.05) is 6.26 Å². The average molecular weight is 428 g/mol. The van der Waals surface area contributed by atoms with E-state index < -0.39 is 16.0 Å². The Morgan fingerprint density at radius 1 is 1.27 bits per heavy atom. The van der Waals surface area contributed by atoms with E-state index in [0.717, 1.165) is 0 Å². The maximum Gasteiger partial charge on any atom is 0.308 e. The fraction of sp³-hybridized carbons (Fsp3) is 0.133. The maximum atomic E-state index is 12.9. The minimum Gasteiger partial charge on any atom is -0.481 e. The highest BCUT2D eigenvalue weighted by Crippen LogP contribution is 2.34. The van der Waals surface area contributed by atoms with E-state index in [1.165, 1.54) is 40.5 Å². The Balaban J connectivity index is 1.96. The molecule has 0 saturated heterocycles. The van der Waals surface area contributed by atoms with E-state index in [4.69, 9.17) is 5.11 Å². The monoisotopic (exact) mass is 427 g/mol. The molecular weight excluding hydrogens is 414 g/mol. The molecule has 0 saturated carbocycles. The van der Waals surface area contributed by atoms with Crippen LogP contribution in [0.15, 0.2) is 45.2 Å². The molecule has 0 aliphatic heterocycles. The van der Waals surface area contributed by atoms with Crippen molar-refractivity contribution in [2.45, 2.75) is 16.5 Å². The van der Waals surface area contributed by atoms with Gasteiger partial charge in [0.2, 0.25) is 0 Å². The first-order chi connectivity index (χ1) is 12.4. The number of thiophene rings is 2. The van der Waals surface area contributed by atoms with Gasteiger partial charge in [0.05, 0.1) is 22.7 Å². The SMILES string of the molecule is CSc1nccc(-c2sccc2S(=O)(=O)Nc2ccsc2CC(=O)O)n1. The largest absolute Gasteiger partial charge is 0.481 e. The number of sulfonamides is 1. The number of hydrogen-bond donors (Lipinski definition) is 2. The minimum atomic E-state index is -3.89. The quantitative estimate of drug-likeness (QED) is 0.439. The van der Waals surface area contributed by atoms with E-state index in [0.29, 0.717) is 20.6 Å². The summed E-state index contributed by atoms with van der Waals surface area (Å²) in [6, 6.07) is 4.72. The van der Waals surface area contributed by atoms with Crippen LogP contribution in [0.25, 0.3) is 10.6 Å². The van der Waals surface area contributed by atoms with Gasteiger partial charge in [-0.15, -0.1) is 22.7 Å². The highest BCUT2D eigenvalue weighted by molar-refractivity contribution is 7.98. The molecule has 0 unspecified atom stereocenters. The maximum absolute atomic E-state index is 12.9. The van der Waals surface area contributed by atoms with Crippen LogP contribution in [0.4, 0.5) is 5.69 Å². The van der Waals surface area contributed by atoms with Crippen molar-refractivity contribution >= 4 is 56.1 Å². The lowest BCUT2D eigenvalue weighted by Gasteiger charge is -2.09. The molecular formula is C15H13N3O4S4. The number of nitrogens with zero attached hydrogens (tertiary/aromatic N) is 2. The smallest absolute Gasteiger partial charge is 0.308 e. The molecule has 0 bridgehead atoms. The molecule has 3 rings (SSSR count). The fourth-order valence-electron chi connectivity index (χ4n) is 2.17. The molecule has 2 N–H and O–H groups in total. The zero-order valence-corrected chi connectivity index (χ0v) is 16.6. The molecule has 0 amide bonds. The van der Waals surface area contributed by atoms with E-state index in [2.05, 4.69) is 14.7 Å². The van der Waals surface area contributed by atoms with Crippen molar-refractivity contribution in [2.75, 3.05) is 11.0 Å². The third-order valence-corrected chi connectivity index (χ3v) is 7.23. The number of carboxylic acids is 1. The minimum absolute atomic E-state index is 0.0979. The number of rotatable bonds is 7. The topological polar surface area (TPSA) is 109 Å². The van der Waals surface area contributed by atoms with Gasteiger partial charge in [-0.25, -0.2) is 18.4 Å². The number of aliphatic carboxylic acids is 1. The summed E-state index contributed by atoms with van der Waals surface area (Å²) in [7, 11) is -3.89. The first kappa shape index (κ1) is 18.8. The van der Waals surface area contributed by atoms with Crippen molar-refractivity contribution in [1.29, 1.82) is 0 Å². The first-order valence-electron chi connectivity index (χ1n) is 7.16. The van der Waals surface area contributed by atoms with Crippen LogP contribution in [-0.2, 0) is 21.2 Å². The first-order valence-corrected chi connectivity index (χ1v) is 11.6. The van der Waals surface area contributed by atoms with Crippen LogP contribution in [0.1, 0.15) is 4.88 Å². The molecule has 0 aromatic carbocycles. The van der Waals surface area contributed by atoms with E-state index in [9.17, 15) is 13.2 Å². The molecule has 3 heterocycles. The lowest BCUT2D eigenvalue weighted by atomic mass is 10.3. The molecule has 136 valence electrons. The van der Waals surface area contributed by atoms with Crippen LogP contribution < -0.4 is 4.72 Å². The van der Waals surface area contributed by atoms with Crippen LogP contribution >= 0.6 is 34.4 Å². The Kier molecular flexibility index (Phi) is 5.61. The van der Waals surface area contributed by atoms with Gasteiger partial charge in [0.1, 0.15) is 4.90 Å². The number of carboxylic acid groups (broad SMARTS) is 1. The Labute approximate surface area is 162 Å². The number of anilines is 1. The standard InChI is InChI=1S/C15H13N3O4S4/c1-23-15-16-5-2-10(17-15)14-12(4-7-25-14)26(21,22)18-9-3-6-24-11(9)8-13(19)20/h2-7,18H,8H2,1H3,(H,19,20). The number of hydrogen-bond acceptors (Lipinski definition) is 8. The van der Waals surface area contributed by atoms with Crippen molar-refractivity contribution < 1.29 is 18.3 Å². The Bertz CT molecular complexity index is 1040. The van der Waals surface area contributed by atoms with Crippen LogP contribution in [0.3, 0.4) is 0 Å². The molecule has 0 spiro atoms. The lowest BCUT2D eigenvalue weighted by molar-refractivity contribution is -0.136. The van der Waals surface area contributed by atoms with Crippen molar-refractivity contribution in [3.05, 3.63) is 40.0 Å². The summed E-state index contributed by atoms with van der Waals surface area (Å²) in [5.74, 6) is -1.02. The number of thioether (sulfide) groups is 1. The average Bonchev–Trinajstić information content (AvgIpc) is 3.24. The van der Waals surface area contributed by atoms with Crippen LogP contribution in [0, 0.1) is 0 Å². The highest BCUT2D eigenvalue weighted by atomic mass is 32.2. The van der Waals surface area contributed by atoms with Gasteiger partial charge < -0.3 is 5.11 Å². The highest BCUT2D eigenvalue weighted by Gasteiger charge is 2.23. The van der Waals surface area contributed by atoms with Crippen LogP contribution in [-0.4, -0.2) is 35.7 Å². The fourth-order valence-corrected chi connectivity index (χ4v) is 5.91. The summed E-state index contributed by atoms with van der Waals surface area (Å²) < 4.78 is 28.2. The van der Waals surface area contributed by atoms with Gasteiger partial charge in [0.25, 0.3) is 10.0 Å². The number of aromatic nitrogens is 2. The Morgan fingerprint density at radius 3 is 2.77 bits per heavy atom. The van der Waals surface area contributed by atoms with Crippen molar-refractivity contribution in [3.63, 3.8) is 0 Å². The zero-order valence-electron chi connectivity index (χ0n) is 13.4. The van der Waals surface area contributed by atoms with Gasteiger partial charge in [-0.05, 0) is 35.2 Å². The molecule has 0 atom stereocenters. The molecule has 0 aliphatic rings. The van der Waals surface area contributed by atoms with Crippen molar-refractivity contribution in [1.82, 2.24) is 9.97 Å². The second-order valence-corrected chi connectivity index (χ2v) is 9.32. The van der Waals surface area contributed by atoms with E-state index in [-0.39, 0.29) is 17.0 Å². The molecule has 0 fully saturated rings. The Morgan fingerprint density at radius 2 is 2.04 bits per heavy atom. The predicted molar refractivity (Wildman–Crippen MR) is 104 cm³/mol. The summed E-state index contributed by atoms with van der Waals surface area (Å²) in [4.78, 5) is 20.4. The van der Waals surface area contributed by atoms with E-state index in [1.54, 1.807) is 29.1 Å². The van der Waals surface area contributed by atoms with Gasteiger partial charge in [-0.1, -0.05) is 11.8 Å². The zero-order chi connectivity index (χ0) is 18.7. The lowest BCUT2D eigenvalue weighted by Crippen LogP contribution is -2.14.